The van der Waals surface area contributed by atoms with Gasteiger partial charge < -0.3 is 19.8 Å². The van der Waals surface area contributed by atoms with Crippen LogP contribution >= 0.6 is 0 Å². The van der Waals surface area contributed by atoms with Gasteiger partial charge >= 0.3 is 0 Å². The number of benzene rings is 1. The average Bonchev–Trinajstić information content (AvgIpc) is 3.39. The Labute approximate surface area is 198 Å². The molecule has 1 aliphatic heterocycles. The van der Waals surface area contributed by atoms with E-state index < -0.39 is 0 Å². The highest BCUT2D eigenvalue weighted by Crippen LogP contribution is 2.23. The van der Waals surface area contributed by atoms with Gasteiger partial charge in [0.2, 0.25) is 5.95 Å². The molecule has 4 heterocycles. The summed E-state index contributed by atoms with van der Waals surface area (Å²) >= 11 is 0. The highest BCUT2D eigenvalue weighted by Gasteiger charge is 2.10. The summed E-state index contributed by atoms with van der Waals surface area (Å²) in [5.74, 6) is 2.06. The third kappa shape index (κ3) is 5.75. The van der Waals surface area contributed by atoms with Crippen molar-refractivity contribution in [2.24, 2.45) is 0 Å². The minimum absolute atomic E-state index is 0.500. The van der Waals surface area contributed by atoms with E-state index in [0.29, 0.717) is 12.6 Å². The Hall–Kier alpha value is -3.82. The lowest BCUT2D eigenvalue weighted by atomic mass is 10.3. The van der Waals surface area contributed by atoms with Crippen molar-refractivity contribution in [3.8, 4) is 28.5 Å². The fourth-order valence-electron chi connectivity index (χ4n) is 3.77. The van der Waals surface area contributed by atoms with Crippen molar-refractivity contribution in [1.29, 1.82) is 0 Å². The zero-order valence-corrected chi connectivity index (χ0v) is 18.9. The molecule has 2 N–H and O–H groups in total. The van der Waals surface area contributed by atoms with Crippen LogP contribution in [0.5, 0.6) is 5.75 Å². The first-order chi connectivity index (χ1) is 16.8. The number of ether oxygens (including phenoxy) is 2. The summed E-state index contributed by atoms with van der Waals surface area (Å²) in [5.41, 5.74) is 3.34. The number of nitrogens with zero attached hydrogens (tertiary/aromatic N) is 5. The molecule has 174 valence electrons. The van der Waals surface area contributed by atoms with Gasteiger partial charge in [0.25, 0.3) is 0 Å². The van der Waals surface area contributed by atoms with Crippen molar-refractivity contribution in [3.63, 3.8) is 0 Å². The predicted octanol–water partition coefficient (Wildman–Crippen LogP) is 3.77. The van der Waals surface area contributed by atoms with Gasteiger partial charge in [-0.3, -0.25) is 9.88 Å². The molecule has 0 atom stereocenters. The number of H-pyrrole nitrogens is 1. The van der Waals surface area contributed by atoms with E-state index in [4.69, 9.17) is 9.47 Å². The van der Waals surface area contributed by atoms with E-state index in [1.54, 1.807) is 24.8 Å². The monoisotopic (exact) mass is 457 g/mol. The summed E-state index contributed by atoms with van der Waals surface area (Å²) in [7, 11) is 0. The average molecular weight is 458 g/mol. The molecule has 0 radical (unpaired) electrons. The number of morpholine rings is 1. The van der Waals surface area contributed by atoms with Crippen LogP contribution < -0.4 is 10.1 Å². The highest BCUT2D eigenvalue weighted by atomic mass is 16.5. The normalized spacial score (nSPS) is 14.1. The molecule has 0 bridgehead atoms. The van der Waals surface area contributed by atoms with E-state index in [0.717, 1.165) is 73.5 Å². The number of nitrogens with one attached hydrogen (secondary N) is 2. The standard InChI is InChI=1S/C25H27N7O2/c1-5-20(16-21(6-1)34-13-3-10-32-11-14-33-15-12-32)29-25-27-9-7-22(31-25)23-18-28-24(30-23)19-4-2-8-26-17-19/h1-2,4-9,16-18H,3,10-15H2,(H,28,30)(H,27,29,31). The minimum atomic E-state index is 0.500. The first kappa shape index (κ1) is 22.0. The molecule has 1 aromatic carbocycles. The summed E-state index contributed by atoms with van der Waals surface area (Å²) in [5, 5.41) is 3.27. The summed E-state index contributed by atoms with van der Waals surface area (Å²) < 4.78 is 11.3. The SMILES string of the molecule is c1cc(Nc2nccc(-c3cnc(-c4cccnc4)[nH]3)n2)cc(OCCCN2CCOCC2)c1. The number of pyridine rings is 1. The maximum atomic E-state index is 5.96. The molecule has 0 spiro atoms. The molecule has 0 saturated carbocycles. The summed E-state index contributed by atoms with van der Waals surface area (Å²) in [6.07, 6.45) is 7.98. The molecule has 4 aromatic rings. The maximum Gasteiger partial charge on any atom is 0.227 e. The minimum Gasteiger partial charge on any atom is -0.493 e. The second-order valence-corrected chi connectivity index (χ2v) is 7.96. The quantitative estimate of drug-likeness (QED) is 0.366. The Balaban J connectivity index is 1.19. The lowest BCUT2D eigenvalue weighted by molar-refractivity contribution is 0.0358. The number of aromatic amines is 1. The molecule has 1 saturated heterocycles. The van der Waals surface area contributed by atoms with Gasteiger partial charge in [-0.15, -0.1) is 0 Å². The number of hydrogen-bond acceptors (Lipinski definition) is 8. The zero-order chi connectivity index (χ0) is 23.0. The Bertz CT molecular complexity index is 1190. The molecule has 9 nitrogen and oxygen atoms in total. The Morgan fingerprint density at radius 3 is 2.85 bits per heavy atom. The first-order valence-corrected chi connectivity index (χ1v) is 11.4. The van der Waals surface area contributed by atoms with Gasteiger partial charge in [-0.2, -0.15) is 0 Å². The number of imidazole rings is 1. The predicted molar refractivity (Wildman–Crippen MR) is 130 cm³/mol. The van der Waals surface area contributed by atoms with E-state index in [1.165, 1.54) is 0 Å². The first-order valence-electron chi connectivity index (χ1n) is 11.4. The second kappa shape index (κ2) is 10.9. The molecule has 34 heavy (non-hydrogen) atoms. The van der Waals surface area contributed by atoms with E-state index in [1.807, 2.05) is 42.5 Å². The molecule has 5 rings (SSSR count). The summed E-state index contributed by atoms with van der Waals surface area (Å²) in [4.78, 5) is 23.3. The fraction of sp³-hybridized carbons (Fsp3) is 0.280. The molecule has 9 heteroatoms. The lowest BCUT2D eigenvalue weighted by Gasteiger charge is -2.26. The van der Waals surface area contributed by atoms with E-state index >= 15 is 0 Å². The van der Waals surface area contributed by atoms with Crippen LogP contribution in [-0.2, 0) is 4.74 Å². The van der Waals surface area contributed by atoms with Gasteiger partial charge in [0.15, 0.2) is 0 Å². The van der Waals surface area contributed by atoms with Crippen LogP contribution in [0.15, 0.2) is 67.3 Å². The van der Waals surface area contributed by atoms with Crippen LogP contribution in [0.3, 0.4) is 0 Å². The van der Waals surface area contributed by atoms with Gasteiger partial charge in [0.1, 0.15) is 11.6 Å². The number of aromatic nitrogens is 5. The molecule has 0 aliphatic carbocycles. The van der Waals surface area contributed by atoms with Gasteiger partial charge in [-0.05, 0) is 36.8 Å². The van der Waals surface area contributed by atoms with Crippen LogP contribution in [0.1, 0.15) is 6.42 Å². The lowest BCUT2D eigenvalue weighted by Crippen LogP contribution is -2.37. The van der Waals surface area contributed by atoms with Crippen LogP contribution in [0, 0.1) is 0 Å². The summed E-state index contributed by atoms with van der Waals surface area (Å²) in [6.45, 7) is 5.35. The number of anilines is 2. The third-order valence-corrected chi connectivity index (χ3v) is 5.52. The molecule has 0 unspecified atom stereocenters. The van der Waals surface area contributed by atoms with E-state index in [2.05, 4.69) is 35.1 Å². The second-order valence-electron chi connectivity index (χ2n) is 7.96. The van der Waals surface area contributed by atoms with Gasteiger partial charge in [0, 0.05) is 55.5 Å². The zero-order valence-electron chi connectivity index (χ0n) is 18.9. The largest absolute Gasteiger partial charge is 0.493 e. The maximum absolute atomic E-state index is 5.96. The van der Waals surface area contributed by atoms with Crippen molar-refractivity contribution < 1.29 is 9.47 Å². The third-order valence-electron chi connectivity index (χ3n) is 5.52. The Kier molecular flexibility index (Phi) is 7.03. The molecular formula is C25H27N7O2. The Morgan fingerprint density at radius 1 is 1.03 bits per heavy atom. The van der Waals surface area contributed by atoms with Gasteiger partial charge in [-0.25, -0.2) is 15.0 Å². The van der Waals surface area contributed by atoms with Gasteiger partial charge in [-0.1, -0.05) is 6.07 Å². The van der Waals surface area contributed by atoms with Crippen molar-refractivity contribution in [3.05, 3.63) is 67.3 Å². The van der Waals surface area contributed by atoms with Crippen molar-refractivity contribution >= 4 is 11.6 Å². The van der Waals surface area contributed by atoms with E-state index in [9.17, 15) is 0 Å². The topological polar surface area (TPSA) is 101 Å². The molecule has 1 fully saturated rings. The van der Waals surface area contributed by atoms with Crippen LogP contribution in [0.2, 0.25) is 0 Å². The van der Waals surface area contributed by atoms with Crippen molar-refractivity contribution in [1.82, 2.24) is 29.8 Å². The number of hydrogen-bond donors (Lipinski definition) is 2. The molecule has 0 amide bonds. The number of rotatable bonds is 9. The van der Waals surface area contributed by atoms with Crippen LogP contribution in [0.25, 0.3) is 22.8 Å². The highest BCUT2D eigenvalue weighted by molar-refractivity contribution is 5.63. The summed E-state index contributed by atoms with van der Waals surface area (Å²) in [6, 6.07) is 13.5. The Morgan fingerprint density at radius 2 is 1.97 bits per heavy atom. The molecule has 3 aromatic heterocycles. The smallest absolute Gasteiger partial charge is 0.227 e. The molecule has 1 aliphatic rings. The van der Waals surface area contributed by atoms with Gasteiger partial charge in [0.05, 0.1) is 37.4 Å². The van der Waals surface area contributed by atoms with Crippen molar-refractivity contribution in [2.75, 3.05) is 44.8 Å². The van der Waals surface area contributed by atoms with Crippen LogP contribution in [0.4, 0.5) is 11.6 Å². The van der Waals surface area contributed by atoms with E-state index in [-0.39, 0.29) is 0 Å². The molecular weight excluding hydrogens is 430 g/mol. The van der Waals surface area contributed by atoms with Crippen molar-refractivity contribution in [2.45, 2.75) is 6.42 Å². The van der Waals surface area contributed by atoms with Crippen LogP contribution in [-0.4, -0.2) is 69.3 Å². The fourth-order valence-corrected chi connectivity index (χ4v) is 3.77.